The topological polar surface area (TPSA) is 55.1 Å². The van der Waals surface area contributed by atoms with Crippen molar-refractivity contribution in [1.29, 1.82) is 0 Å². The number of carbonyl (C=O) groups excluding carboxylic acids is 1. The van der Waals surface area contributed by atoms with E-state index in [1.165, 1.54) is 5.56 Å². The summed E-state index contributed by atoms with van der Waals surface area (Å²) in [5.41, 5.74) is 8.97. The molecule has 0 spiro atoms. The zero-order valence-electron chi connectivity index (χ0n) is 12.6. The Morgan fingerprint density at radius 3 is 2.36 bits per heavy atom. The molecule has 3 N–H and O–H groups in total. The number of anilines is 1. The van der Waals surface area contributed by atoms with Gasteiger partial charge >= 0.3 is 0 Å². The number of amides is 1. The van der Waals surface area contributed by atoms with E-state index in [9.17, 15) is 4.79 Å². The minimum absolute atomic E-state index is 0. The van der Waals surface area contributed by atoms with Crippen LogP contribution in [-0.4, -0.2) is 12.5 Å². The first-order valence-corrected chi connectivity index (χ1v) is 7.40. The maximum atomic E-state index is 11.8. The van der Waals surface area contributed by atoms with Gasteiger partial charge in [-0.1, -0.05) is 48.5 Å². The molecule has 4 heteroatoms. The van der Waals surface area contributed by atoms with E-state index in [1.54, 1.807) is 0 Å². The summed E-state index contributed by atoms with van der Waals surface area (Å²) in [6.45, 7) is 0.720. The summed E-state index contributed by atoms with van der Waals surface area (Å²) in [4.78, 5) is 11.8. The van der Waals surface area contributed by atoms with Crippen molar-refractivity contribution < 1.29 is 4.79 Å². The summed E-state index contributed by atoms with van der Waals surface area (Å²) in [5.74, 6) is 0.0892. The SMILES string of the molecule is Cl.Nc1ccccc1CCC(=O)NCCCc1ccccc1. The Morgan fingerprint density at radius 2 is 1.64 bits per heavy atom. The Morgan fingerprint density at radius 1 is 0.955 bits per heavy atom. The second-order valence-electron chi connectivity index (χ2n) is 5.14. The monoisotopic (exact) mass is 318 g/mol. The first-order chi connectivity index (χ1) is 10.3. The van der Waals surface area contributed by atoms with Crippen molar-refractivity contribution in [1.82, 2.24) is 5.32 Å². The molecule has 2 aromatic rings. The van der Waals surface area contributed by atoms with E-state index in [4.69, 9.17) is 5.73 Å². The molecule has 0 aromatic heterocycles. The molecule has 0 heterocycles. The summed E-state index contributed by atoms with van der Waals surface area (Å²) < 4.78 is 0. The van der Waals surface area contributed by atoms with Gasteiger partial charge in [0.2, 0.25) is 5.91 Å². The Balaban J connectivity index is 0.00000242. The van der Waals surface area contributed by atoms with Crippen LogP contribution >= 0.6 is 12.4 Å². The lowest BCUT2D eigenvalue weighted by molar-refractivity contribution is -0.121. The third kappa shape index (κ3) is 6.19. The van der Waals surface area contributed by atoms with Gasteiger partial charge in [-0.25, -0.2) is 0 Å². The average Bonchev–Trinajstić information content (AvgIpc) is 2.52. The lowest BCUT2D eigenvalue weighted by Gasteiger charge is -2.07. The van der Waals surface area contributed by atoms with Crippen molar-refractivity contribution in [2.45, 2.75) is 25.7 Å². The minimum Gasteiger partial charge on any atom is -0.399 e. The highest BCUT2D eigenvalue weighted by atomic mass is 35.5. The molecule has 0 atom stereocenters. The molecule has 0 radical (unpaired) electrons. The van der Waals surface area contributed by atoms with E-state index in [0.717, 1.165) is 30.6 Å². The van der Waals surface area contributed by atoms with Crippen LogP contribution in [0.25, 0.3) is 0 Å². The third-order valence-corrected chi connectivity index (χ3v) is 3.48. The zero-order valence-corrected chi connectivity index (χ0v) is 13.4. The van der Waals surface area contributed by atoms with E-state index >= 15 is 0 Å². The predicted molar refractivity (Wildman–Crippen MR) is 94.2 cm³/mol. The fourth-order valence-electron chi connectivity index (χ4n) is 2.26. The second-order valence-corrected chi connectivity index (χ2v) is 5.14. The number of benzene rings is 2. The van der Waals surface area contributed by atoms with Crippen LogP contribution in [0, 0.1) is 0 Å². The Labute approximate surface area is 138 Å². The lowest BCUT2D eigenvalue weighted by Crippen LogP contribution is -2.25. The van der Waals surface area contributed by atoms with Crippen molar-refractivity contribution in [2.24, 2.45) is 0 Å². The molecule has 3 nitrogen and oxygen atoms in total. The maximum Gasteiger partial charge on any atom is 0.220 e. The number of hydrogen-bond acceptors (Lipinski definition) is 2. The Kier molecular flexibility index (Phi) is 8.08. The average molecular weight is 319 g/mol. The van der Waals surface area contributed by atoms with Gasteiger partial charge in [0.05, 0.1) is 0 Å². The van der Waals surface area contributed by atoms with Crippen molar-refractivity contribution in [3.05, 3.63) is 65.7 Å². The number of aryl methyl sites for hydroxylation is 2. The van der Waals surface area contributed by atoms with Crippen LogP contribution in [0.1, 0.15) is 24.0 Å². The summed E-state index contributed by atoms with van der Waals surface area (Å²) in [6, 6.07) is 18.0. The number of hydrogen-bond donors (Lipinski definition) is 2. The van der Waals surface area contributed by atoms with Crippen molar-refractivity contribution in [2.75, 3.05) is 12.3 Å². The van der Waals surface area contributed by atoms with Gasteiger partial charge < -0.3 is 11.1 Å². The molecule has 0 aliphatic carbocycles. The highest BCUT2D eigenvalue weighted by molar-refractivity contribution is 5.85. The number of nitrogens with two attached hydrogens (primary N) is 1. The molecule has 0 saturated carbocycles. The van der Waals surface area contributed by atoms with E-state index in [1.807, 2.05) is 42.5 Å². The van der Waals surface area contributed by atoms with Gasteiger partial charge in [0, 0.05) is 18.7 Å². The molecule has 0 bridgehead atoms. The van der Waals surface area contributed by atoms with Gasteiger partial charge in [0.25, 0.3) is 0 Å². The molecule has 1 amide bonds. The molecular formula is C18H23ClN2O. The first-order valence-electron chi connectivity index (χ1n) is 7.40. The molecule has 0 unspecified atom stereocenters. The molecule has 0 aliphatic heterocycles. The number of carbonyl (C=O) groups is 1. The van der Waals surface area contributed by atoms with Crippen molar-refractivity contribution in [3.8, 4) is 0 Å². The van der Waals surface area contributed by atoms with Gasteiger partial charge in [-0.3, -0.25) is 4.79 Å². The van der Waals surface area contributed by atoms with Crippen LogP contribution in [0.4, 0.5) is 5.69 Å². The van der Waals surface area contributed by atoms with E-state index < -0.39 is 0 Å². The van der Waals surface area contributed by atoms with E-state index in [2.05, 4.69) is 17.4 Å². The second kappa shape index (κ2) is 9.85. The maximum absolute atomic E-state index is 11.8. The standard InChI is InChI=1S/C18H22N2O.ClH/c19-17-11-5-4-10-16(17)12-13-18(21)20-14-6-9-15-7-2-1-3-8-15;/h1-5,7-8,10-11H,6,9,12-14,19H2,(H,20,21);1H. The van der Waals surface area contributed by atoms with Gasteiger partial charge in [0.1, 0.15) is 0 Å². The highest BCUT2D eigenvalue weighted by Crippen LogP contribution is 2.12. The van der Waals surface area contributed by atoms with Gasteiger partial charge in [0.15, 0.2) is 0 Å². The molecule has 118 valence electrons. The summed E-state index contributed by atoms with van der Waals surface area (Å²) >= 11 is 0. The quantitative estimate of drug-likeness (QED) is 0.607. The van der Waals surface area contributed by atoms with E-state index in [-0.39, 0.29) is 18.3 Å². The Hall–Kier alpha value is -2.00. The van der Waals surface area contributed by atoms with Crippen LogP contribution in [0.15, 0.2) is 54.6 Å². The van der Waals surface area contributed by atoms with Crippen LogP contribution in [0.3, 0.4) is 0 Å². The zero-order chi connectivity index (χ0) is 14.9. The fraction of sp³-hybridized carbons (Fsp3) is 0.278. The largest absolute Gasteiger partial charge is 0.399 e. The highest BCUT2D eigenvalue weighted by Gasteiger charge is 2.03. The van der Waals surface area contributed by atoms with Gasteiger partial charge in [-0.15, -0.1) is 12.4 Å². The fourth-order valence-corrected chi connectivity index (χ4v) is 2.26. The first kappa shape index (κ1) is 18.1. The van der Waals surface area contributed by atoms with E-state index in [0.29, 0.717) is 12.8 Å². The summed E-state index contributed by atoms with van der Waals surface area (Å²) in [5, 5.41) is 2.96. The van der Waals surface area contributed by atoms with Crippen LogP contribution in [-0.2, 0) is 17.6 Å². The predicted octanol–water partition coefficient (Wildman–Crippen LogP) is 3.37. The third-order valence-electron chi connectivity index (χ3n) is 3.48. The molecule has 0 saturated heterocycles. The number of nitrogens with one attached hydrogen (secondary N) is 1. The van der Waals surface area contributed by atoms with Crippen LogP contribution in [0.2, 0.25) is 0 Å². The molecule has 2 aromatic carbocycles. The van der Waals surface area contributed by atoms with Crippen molar-refractivity contribution in [3.63, 3.8) is 0 Å². The number of rotatable bonds is 7. The lowest BCUT2D eigenvalue weighted by atomic mass is 10.1. The Bertz CT molecular complexity index is 572. The molecule has 0 fully saturated rings. The van der Waals surface area contributed by atoms with Gasteiger partial charge in [-0.2, -0.15) is 0 Å². The molecule has 2 rings (SSSR count). The molecular weight excluding hydrogens is 296 g/mol. The minimum atomic E-state index is 0. The normalized spacial score (nSPS) is 9.82. The van der Waals surface area contributed by atoms with Crippen molar-refractivity contribution >= 4 is 24.0 Å². The van der Waals surface area contributed by atoms with Crippen LogP contribution < -0.4 is 11.1 Å². The number of nitrogen functional groups attached to an aromatic ring is 1. The smallest absolute Gasteiger partial charge is 0.220 e. The number of halogens is 1. The number of para-hydroxylation sites is 1. The van der Waals surface area contributed by atoms with Crippen LogP contribution in [0.5, 0.6) is 0 Å². The summed E-state index contributed by atoms with van der Waals surface area (Å²) in [6.07, 6.45) is 3.13. The summed E-state index contributed by atoms with van der Waals surface area (Å²) in [7, 11) is 0. The molecule has 22 heavy (non-hydrogen) atoms. The molecule has 0 aliphatic rings. The van der Waals surface area contributed by atoms with Gasteiger partial charge in [-0.05, 0) is 36.5 Å².